The summed E-state index contributed by atoms with van der Waals surface area (Å²) in [6, 6.07) is 0. The molecule has 2 fully saturated rings. The van der Waals surface area contributed by atoms with Crippen molar-refractivity contribution in [3.8, 4) is 0 Å². The first-order valence-electron chi connectivity index (χ1n) is 6.85. The quantitative estimate of drug-likeness (QED) is 0.838. The van der Waals surface area contributed by atoms with Crippen LogP contribution in [0.15, 0.2) is 0 Å². The van der Waals surface area contributed by atoms with Crippen LogP contribution in [0.3, 0.4) is 0 Å². The normalized spacial score (nSPS) is 30.0. The van der Waals surface area contributed by atoms with E-state index in [9.17, 15) is 0 Å². The van der Waals surface area contributed by atoms with Crippen LogP contribution in [0, 0.1) is 5.92 Å². The number of nitrogens with zero attached hydrogens (tertiary/aromatic N) is 1. The third kappa shape index (κ3) is 5.56. The van der Waals surface area contributed by atoms with E-state index in [-0.39, 0.29) is 12.4 Å². The molecule has 2 rings (SSSR count). The van der Waals surface area contributed by atoms with Gasteiger partial charge in [-0.15, -0.1) is 12.4 Å². The van der Waals surface area contributed by atoms with Gasteiger partial charge in [-0.2, -0.15) is 0 Å². The average Bonchev–Trinajstić information content (AvgIpc) is 2.31. The fourth-order valence-corrected chi connectivity index (χ4v) is 2.89. The number of hydrogen-bond acceptors (Lipinski definition) is 3. The summed E-state index contributed by atoms with van der Waals surface area (Å²) in [5.74, 6) is 0.849. The summed E-state index contributed by atoms with van der Waals surface area (Å²) >= 11 is 0. The SMILES string of the molecule is CN(CC1CCCNC1)CC1CCCCO1.Cl. The van der Waals surface area contributed by atoms with Gasteiger partial charge in [0.25, 0.3) is 0 Å². The van der Waals surface area contributed by atoms with Gasteiger partial charge in [-0.1, -0.05) is 0 Å². The molecule has 2 atom stereocenters. The van der Waals surface area contributed by atoms with E-state index in [1.54, 1.807) is 0 Å². The van der Waals surface area contributed by atoms with Crippen LogP contribution in [-0.2, 0) is 4.74 Å². The predicted octanol–water partition coefficient (Wildman–Crippen LogP) is 1.91. The summed E-state index contributed by atoms with van der Waals surface area (Å²) in [7, 11) is 2.24. The standard InChI is InChI=1S/C13H26N2O.ClH/c1-15(10-12-5-4-7-14-9-12)11-13-6-2-3-8-16-13;/h12-14H,2-11H2,1H3;1H. The number of halogens is 1. The van der Waals surface area contributed by atoms with Crippen molar-refractivity contribution in [3.05, 3.63) is 0 Å². The number of rotatable bonds is 4. The molecule has 0 aliphatic carbocycles. The summed E-state index contributed by atoms with van der Waals surface area (Å²) in [5, 5.41) is 3.49. The molecular weight excluding hydrogens is 236 g/mol. The van der Waals surface area contributed by atoms with Gasteiger partial charge in [0, 0.05) is 19.7 Å². The molecule has 4 heteroatoms. The monoisotopic (exact) mass is 262 g/mol. The third-order valence-electron chi connectivity index (χ3n) is 3.76. The van der Waals surface area contributed by atoms with Crippen LogP contribution >= 0.6 is 12.4 Å². The van der Waals surface area contributed by atoms with E-state index in [0.29, 0.717) is 6.10 Å². The molecule has 17 heavy (non-hydrogen) atoms. The Morgan fingerprint density at radius 3 is 2.71 bits per heavy atom. The molecule has 0 bridgehead atoms. The number of nitrogens with one attached hydrogen (secondary N) is 1. The van der Waals surface area contributed by atoms with Gasteiger partial charge in [-0.25, -0.2) is 0 Å². The molecule has 0 radical (unpaired) electrons. The Kier molecular flexibility index (Phi) is 7.44. The van der Waals surface area contributed by atoms with Crippen LogP contribution in [0.4, 0.5) is 0 Å². The van der Waals surface area contributed by atoms with Gasteiger partial charge in [0.2, 0.25) is 0 Å². The summed E-state index contributed by atoms with van der Waals surface area (Å²) in [6.07, 6.45) is 7.10. The molecule has 2 unspecified atom stereocenters. The highest BCUT2D eigenvalue weighted by atomic mass is 35.5. The highest BCUT2D eigenvalue weighted by molar-refractivity contribution is 5.85. The molecule has 0 amide bonds. The lowest BCUT2D eigenvalue weighted by Crippen LogP contribution is -2.40. The topological polar surface area (TPSA) is 24.5 Å². The van der Waals surface area contributed by atoms with E-state index in [1.165, 1.54) is 51.7 Å². The Bertz CT molecular complexity index is 172. The first-order chi connectivity index (χ1) is 7.84. The zero-order chi connectivity index (χ0) is 11.2. The van der Waals surface area contributed by atoms with Crippen LogP contribution in [0.25, 0.3) is 0 Å². The Hall–Kier alpha value is 0.170. The number of piperidine rings is 1. The average molecular weight is 263 g/mol. The Morgan fingerprint density at radius 2 is 2.06 bits per heavy atom. The van der Waals surface area contributed by atoms with Crippen molar-refractivity contribution in [1.82, 2.24) is 10.2 Å². The van der Waals surface area contributed by atoms with E-state index in [1.807, 2.05) is 0 Å². The molecule has 3 nitrogen and oxygen atoms in total. The second kappa shape index (κ2) is 8.30. The minimum absolute atomic E-state index is 0. The summed E-state index contributed by atoms with van der Waals surface area (Å²) < 4.78 is 5.78. The van der Waals surface area contributed by atoms with E-state index < -0.39 is 0 Å². The van der Waals surface area contributed by atoms with Crippen molar-refractivity contribution in [2.24, 2.45) is 5.92 Å². The maximum atomic E-state index is 5.78. The van der Waals surface area contributed by atoms with Gasteiger partial charge < -0.3 is 15.0 Å². The number of hydrogen-bond donors (Lipinski definition) is 1. The highest BCUT2D eigenvalue weighted by Crippen LogP contribution is 2.15. The lowest BCUT2D eigenvalue weighted by molar-refractivity contribution is -0.00390. The maximum Gasteiger partial charge on any atom is 0.0701 e. The van der Waals surface area contributed by atoms with Gasteiger partial charge in [0.05, 0.1) is 6.10 Å². The first-order valence-corrected chi connectivity index (χ1v) is 6.85. The molecule has 0 spiro atoms. The zero-order valence-corrected chi connectivity index (χ0v) is 11.8. The zero-order valence-electron chi connectivity index (χ0n) is 11.0. The smallest absolute Gasteiger partial charge is 0.0701 e. The van der Waals surface area contributed by atoms with Crippen molar-refractivity contribution >= 4 is 12.4 Å². The fraction of sp³-hybridized carbons (Fsp3) is 1.00. The Labute approximate surface area is 112 Å². The predicted molar refractivity (Wildman–Crippen MR) is 73.9 cm³/mol. The molecular formula is C13H27ClN2O. The maximum absolute atomic E-state index is 5.78. The van der Waals surface area contributed by atoms with Gasteiger partial charge in [-0.05, 0) is 58.2 Å². The van der Waals surface area contributed by atoms with Gasteiger partial charge in [0.15, 0.2) is 0 Å². The molecule has 2 heterocycles. The van der Waals surface area contributed by atoms with E-state index in [4.69, 9.17) is 4.74 Å². The molecule has 1 N–H and O–H groups in total. The highest BCUT2D eigenvalue weighted by Gasteiger charge is 2.19. The van der Waals surface area contributed by atoms with E-state index >= 15 is 0 Å². The van der Waals surface area contributed by atoms with E-state index in [2.05, 4.69) is 17.3 Å². The molecule has 0 saturated carbocycles. The minimum atomic E-state index is 0. The van der Waals surface area contributed by atoms with Crippen LogP contribution in [-0.4, -0.2) is 50.8 Å². The van der Waals surface area contributed by atoms with Gasteiger partial charge in [-0.3, -0.25) is 0 Å². The summed E-state index contributed by atoms with van der Waals surface area (Å²) in [4.78, 5) is 2.47. The molecule has 2 saturated heterocycles. The summed E-state index contributed by atoms with van der Waals surface area (Å²) in [6.45, 7) is 5.74. The van der Waals surface area contributed by atoms with Gasteiger partial charge in [0.1, 0.15) is 0 Å². The molecule has 2 aliphatic heterocycles. The minimum Gasteiger partial charge on any atom is -0.377 e. The van der Waals surface area contributed by atoms with Crippen molar-refractivity contribution in [2.75, 3.05) is 39.8 Å². The first kappa shape index (κ1) is 15.2. The van der Waals surface area contributed by atoms with Crippen LogP contribution in [0.1, 0.15) is 32.1 Å². The second-order valence-electron chi connectivity index (χ2n) is 5.42. The second-order valence-corrected chi connectivity index (χ2v) is 5.42. The molecule has 0 aromatic rings. The lowest BCUT2D eigenvalue weighted by atomic mass is 9.99. The van der Waals surface area contributed by atoms with Gasteiger partial charge >= 0.3 is 0 Å². The summed E-state index contributed by atoms with van der Waals surface area (Å²) in [5.41, 5.74) is 0. The molecule has 2 aliphatic rings. The fourth-order valence-electron chi connectivity index (χ4n) is 2.89. The molecule has 102 valence electrons. The van der Waals surface area contributed by atoms with Crippen LogP contribution in [0.2, 0.25) is 0 Å². The van der Waals surface area contributed by atoms with Crippen molar-refractivity contribution < 1.29 is 4.74 Å². The van der Waals surface area contributed by atoms with Crippen molar-refractivity contribution in [1.29, 1.82) is 0 Å². The molecule has 0 aromatic carbocycles. The Balaban J connectivity index is 0.00000144. The molecule has 0 aromatic heterocycles. The van der Waals surface area contributed by atoms with Crippen LogP contribution in [0.5, 0.6) is 0 Å². The third-order valence-corrected chi connectivity index (χ3v) is 3.76. The Morgan fingerprint density at radius 1 is 1.18 bits per heavy atom. The largest absolute Gasteiger partial charge is 0.377 e. The number of likely N-dealkylation sites (N-methyl/N-ethyl adjacent to an activating group) is 1. The van der Waals surface area contributed by atoms with Crippen LogP contribution < -0.4 is 5.32 Å². The van der Waals surface area contributed by atoms with Crippen molar-refractivity contribution in [2.45, 2.75) is 38.2 Å². The van der Waals surface area contributed by atoms with E-state index in [0.717, 1.165) is 19.1 Å². The van der Waals surface area contributed by atoms with Crippen molar-refractivity contribution in [3.63, 3.8) is 0 Å². The lowest BCUT2D eigenvalue weighted by Gasteiger charge is -2.31. The number of ether oxygens (including phenoxy) is 1.